The second kappa shape index (κ2) is 8.98. The molecule has 5 rings (SSSR count). The van der Waals surface area contributed by atoms with E-state index in [-0.39, 0.29) is 29.7 Å². The molecule has 2 aromatic carbocycles. The summed E-state index contributed by atoms with van der Waals surface area (Å²) in [5.41, 5.74) is 0.664. The Kier molecular flexibility index (Phi) is 5.95. The molecular weight excluding hydrogens is 475 g/mol. The number of nitrogens with one attached hydrogen (secondary N) is 2. The van der Waals surface area contributed by atoms with Gasteiger partial charge in [-0.3, -0.25) is 24.2 Å². The standard InChI is InChI=1S/C25H24F3N5O3/c1-15(23(35)33-14-22(34)30-19-13-17(25(26,27)28)6-7-21(19)33)31-8-10-32(11-9-31)24(36)20-12-16-4-2-3-5-18(16)29-20/h2-7,12-13,15,29H,8-11,14H2,1H3,(H,30,34). The van der Waals surface area contributed by atoms with Gasteiger partial charge in [0.25, 0.3) is 5.91 Å². The van der Waals surface area contributed by atoms with Gasteiger partial charge in [-0.15, -0.1) is 0 Å². The Morgan fingerprint density at radius 3 is 2.42 bits per heavy atom. The maximum Gasteiger partial charge on any atom is 0.416 e. The van der Waals surface area contributed by atoms with Crippen LogP contribution in [0.3, 0.4) is 0 Å². The average Bonchev–Trinajstić information content (AvgIpc) is 3.30. The molecule has 0 aliphatic carbocycles. The van der Waals surface area contributed by atoms with Crippen molar-refractivity contribution in [2.45, 2.75) is 19.1 Å². The molecule has 0 bridgehead atoms. The zero-order valence-corrected chi connectivity index (χ0v) is 19.4. The highest BCUT2D eigenvalue weighted by atomic mass is 19.4. The maximum absolute atomic E-state index is 13.3. The molecule has 11 heteroatoms. The molecule has 1 aromatic heterocycles. The number of rotatable bonds is 3. The summed E-state index contributed by atoms with van der Waals surface area (Å²) in [6.45, 7) is 3.14. The van der Waals surface area contributed by atoms with Crippen LogP contribution in [0.25, 0.3) is 10.9 Å². The summed E-state index contributed by atoms with van der Waals surface area (Å²) >= 11 is 0. The Hall–Kier alpha value is -3.86. The molecule has 8 nitrogen and oxygen atoms in total. The lowest BCUT2D eigenvalue weighted by Crippen LogP contribution is -2.57. The van der Waals surface area contributed by atoms with Crippen molar-refractivity contribution in [3.05, 3.63) is 59.8 Å². The second-order valence-electron chi connectivity index (χ2n) is 8.98. The summed E-state index contributed by atoms with van der Waals surface area (Å²) in [5, 5.41) is 3.38. The van der Waals surface area contributed by atoms with Gasteiger partial charge in [0.05, 0.1) is 23.0 Å². The number of nitrogens with zero attached hydrogens (tertiary/aromatic N) is 3. The van der Waals surface area contributed by atoms with Gasteiger partial charge in [0.15, 0.2) is 0 Å². The number of alkyl halides is 3. The minimum atomic E-state index is -4.57. The van der Waals surface area contributed by atoms with Crippen molar-refractivity contribution in [3.8, 4) is 0 Å². The molecular formula is C25H24F3N5O3. The molecule has 3 heterocycles. The van der Waals surface area contributed by atoms with E-state index in [1.54, 1.807) is 11.8 Å². The number of hydrogen-bond acceptors (Lipinski definition) is 4. The van der Waals surface area contributed by atoms with Crippen molar-refractivity contribution in [2.24, 2.45) is 0 Å². The molecule has 0 radical (unpaired) electrons. The van der Waals surface area contributed by atoms with E-state index in [9.17, 15) is 27.6 Å². The number of piperazine rings is 1. The van der Waals surface area contributed by atoms with Crippen LogP contribution in [0.2, 0.25) is 0 Å². The fourth-order valence-electron chi connectivity index (χ4n) is 4.72. The van der Waals surface area contributed by atoms with Crippen molar-refractivity contribution < 1.29 is 27.6 Å². The van der Waals surface area contributed by atoms with E-state index in [4.69, 9.17) is 0 Å². The third-order valence-electron chi connectivity index (χ3n) is 6.72. The first kappa shape index (κ1) is 23.9. The van der Waals surface area contributed by atoms with Gasteiger partial charge in [0.1, 0.15) is 12.2 Å². The summed E-state index contributed by atoms with van der Waals surface area (Å²) in [7, 11) is 0. The zero-order chi connectivity index (χ0) is 25.6. The Morgan fingerprint density at radius 2 is 1.72 bits per heavy atom. The Labute approximate surface area is 204 Å². The highest BCUT2D eigenvalue weighted by Gasteiger charge is 2.37. The number of aromatic nitrogens is 1. The lowest BCUT2D eigenvalue weighted by atomic mass is 10.1. The number of amides is 3. The van der Waals surface area contributed by atoms with Gasteiger partial charge in [0, 0.05) is 37.1 Å². The summed E-state index contributed by atoms with van der Waals surface area (Å²) in [6, 6.07) is 11.8. The Balaban J connectivity index is 1.26. The number of carbonyl (C=O) groups excluding carboxylic acids is 3. The molecule has 3 aromatic rings. The molecule has 0 spiro atoms. The number of benzene rings is 2. The summed E-state index contributed by atoms with van der Waals surface area (Å²) < 4.78 is 39.3. The molecule has 1 unspecified atom stereocenters. The van der Waals surface area contributed by atoms with E-state index in [1.165, 1.54) is 11.0 Å². The largest absolute Gasteiger partial charge is 0.416 e. The Bertz CT molecular complexity index is 1310. The third-order valence-corrected chi connectivity index (χ3v) is 6.72. The minimum absolute atomic E-state index is 0.0459. The van der Waals surface area contributed by atoms with Crippen LogP contribution in [0.1, 0.15) is 23.0 Å². The molecule has 0 saturated carbocycles. The van der Waals surface area contributed by atoms with Gasteiger partial charge in [-0.25, -0.2) is 0 Å². The van der Waals surface area contributed by atoms with Crippen molar-refractivity contribution in [2.75, 3.05) is 42.9 Å². The van der Waals surface area contributed by atoms with Gasteiger partial charge in [-0.2, -0.15) is 13.2 Å². The molecule has 1 atom stereocenters. The van der Waals surface area contributed by atoms with Gasteiger partial charge >= 0.3 is 6.18 Å². The van der Waals surface area contributed by atoms with Crippen LogP contribution in [0.15, 0.2) is 48.5 Å². The molecule has 2 N–H and O–H groups in total. The molecule has 2 aliphatic rings. The summed E-state index contributed by atoms with van der Waals surface area (Å²) in [6.07, 6.45) is -4.57. The lowest BCUT2D eigenvalue weighted by Gasteiger charge is -2.39. The Morgan fingerprint density at radius 1 is 1.00 bits per heavy atom. The molecule has 188 valence electrons. The van der Waals surface area contributed by atoms with E-state index in [0.29, 0.717) is 31.9 Å². The number of anilines is 2. The molecule has 3 amide bonds. The normalized spacial score (nSPS) is 17.6. The predicted molar refractivity (Wildman–Crippen MR) is 128 cm³/mol. The third kappa shape index (κ3) is 4.41. The van der Waals surface area contributed by atoms with Gasteiger partial charge in [0.2, 0.25) is 11.8 Å². The lowest BCUT2D eigenvalue weighted by molar-refractivity contribution is -0.137. The number of H-pyrrole nitrogens is 1. The van der Waals surface area contributed by atoms with Crippen molar-refractivity contribution >= 4 is 40.0 Å². The first-order chi connectivity index (χ1) is 17.1. The van der Waals surface area contributed by atoms with Crippen molar-refractivity contribution in [1.29, 1.82) is 0 Å². The number of halogens is 3. The molecule has 1 saturated heterocycles. The van der Waals surface area contributed by atoms with E-state index in [1.807, 2.05) is 35.2 Å². The monoisotopic (exact) mass is 499 g/mol. The van der Waals surface area contributed by atoms with Gasteiger partial charge in [-0.05, 0) is 37.3 Å². The van der Waals surface area contributed by atoms with Crippen LogP contribution in [-0.4, -0.2) is 71.3 Å². The van der Waals surface area contributed by atoms with Crippen LogP contribution >= 0.6 is 0 Å². The van der Waals surface area contributed by atoms with E-state index >= 15 is 0 Å². The van der Waals surface area contributed by atoms with Gasteiger partial charge in [-0.1, -0.05) is 18.2 Å². The molecule has 36 heavy (non-hydrogen) atoms. The van der Waals surface area contributed by atoms with E-state index in [0.717, 1.165) is 23.0 Å². The number of aromatic amines is 1. The number of hydrogen-bond donors (Lipinski definition) is 2. The first-order valence-electron chi connectivity index (χ1n) is 11.6. The summed E-state index contributed by atoms with van der Waals surface area (Å²) in [4.78, 5) is 46.5. The van der Waals surface area contributed by atoms with E-state index in [2.05, 4.69) is 10.3 Å². The van der Waals surface area contributed by atoms with E-state index < -0.39 is 23.7 Å². The number of fused-ring (bicyclic) bond motifs is 2. The minimum Gasteiger partial charge on any atom is -0.351 e. The van der Waals surface area contributed by atoms with Crippen LogP contribution in [0.4, 0.5) is 24.5 Å². The van der Waals surface area contributed by atoms with Crippen LogP contribution in [0.5, 0.6) is 0 Å². The van der Waals surface area contributed by atoms with Gasteiger partial charge < -0.3 is 15.2 Å². The fraction of sp³-hybridized carbons (Fsp3) is 0.320. The second-order valence-corrected chi connectivity index (χ2v) is 8.98. The quantitative estimate of drug-likeness (QED) is 0.579. The van der Waals surface area contributed by atoms with Crippen LogP contribution < -0.4 is 10.2 Å². The first-order valence-corrected chi connectivity index (χ1v) is 11.6. The van der Waals surface area contributed by atoms with Crippen molar-refractivity contribution in [3.63, 3.8) is 0 Å². The highest BCUT2D eigenvalue weighted by molar-refractivity contribution is 6.11. The SMILES string of the molecule is CC(C(=O)N1CC(=O)Nc2cc(C(F)(F)F)ccc21)N1CCN(C(=O)c2cc3ccccc3[nH]2)CC1. The zero-order valence-electron chi connectivity index (χ0n) is 19.4. The van der Waals surface area contributed by atoms with Crippen molar-refractivity contribution in [1.82, 2.24) is 14.8 Å². The molecule has 1 fully saturated rings. The topological polar surface area (TPSA) is 88.8 Å². The van der Waals surface area contributed by atoms with Crippen LogP contribution in [-0.2, 0) is 15.8 Å². The highest BCUT2D eigenvalue weighted by Crippen LogP contribution is 2.37. The maximum atomic E-state index is 13.3. The summed E-state index contributed by atoms with van der Waals surface area (Å²) in [5.74, 6) is -1.07. The number of carbonyl (C=O) groups is 3. The fourth-order valence-corrected chi connectivity index (χ4v) is 4.72. The molecule has 2 aliphatic heterocycles. The number of para-hydroxylation sites is 1. The smallest absolute Gasteiger partial charge is 0.351 e. The predicted octanol–water partition coefficient (Wildman–Crippen LogP) is 3.32. The van der Waals surface area contributed by atoms with Crippen LogP contribution in [0, 0.1) is 0 Å². The average molecular weight is 499 g/mol.